The summed E-state index contributed by atoms with van der Waals surface area (Å²) in [7, 11) is 0. The molecule has 0 aliphatic rings. The van der Waals surface area contributed by atoms with Crippen molar-refractivity contribution in [2.75, 3.05) is 18.4 Å². The van der Waals surface area contributed by atoms with Crippen LogP contribution in [-0.4, -0.2) is 39.8 Å². The van der Waals surface area contributed by atoms with Gasteiger partial charge in [0, 0.05) is 13.1 Å². The second-order valence-corrected chi connectivity index (χ2v) is 6.33. The van der Waals surface area contributed by atoms with E-state index < -0.39 is 6.10 Å². The van der Waals surface area contributed by atoms with Crippen LogP contribution in [0.1, 0.15) is 12.5 Å². The zero-order valence-electron chi connectivity index (χ0n) is 14.9. The summed E-state index contributed by atoms with van der Waals surface area (Å²) in [5.74, 6) is 0.523. The third-order valence-electron chi connectivity index (χ3n) is 4.09. The second-order valence-electron chi connectivity index (χ2n) is 6.33. The summed E-state index contributed by atoms with van der Waals surface area (Å²) in [4.78, 5) is 16.9. The number of hydrogen-bond acceptors (Lipinski definition) is 4. The number of aliphatic hydroxyl groups is 1. The maximum atomic E-state index is 12.4. The molecule has 1 atom stereocenters. The van der Waals surface area contributed by atoms with Crippen LogP contribution >= 0.6 is 0 Å². The van der Waals surface area contributed by atoms with Crippen molar-refractivity contribution < 1.29 is 9.90 Å². The molecule has 26 heavy (non-hydrogen) atoms. The minimum Gasteiger partial charge on any atom is -0.392 e. The molecule has 1 unspecified atom stereocenters. The molecular formula is C20H24N4O2. The number of rotatable bonds is 8. The van der Waals surface area contributed by atoms with Gasteiger partial charge in [-0.25, -0.2) is 4.98 Å². The molecule has 3 aromatic rings. The lowest BCUT2D eigenvalue weighted by atomic mass is 10.1. The number of carbonyl (C=O) groups excluding carboxylic acids is 1. The third kappa shape index (κ3) is 4.61. The van der Waals surface area contributed by atoms with Crippen molar-refractivity contribution in [1.29, 1.82) is 0 Å². The molecule has 6 nitrogen and oxygen atoms in total. The maximum absolute atomic E-state index is 12.4. The molecule has 0 aliphatic carbocycles. The first-order valence-electron chi connectivity index (χ1n) is 8.81. The van der Waals surface area contributed by atoms with E-state index in [1.54, 1.807) is 6.92 Å². The Bertz CT molecular complexity index is 859. The van der Waals surface area contributed by atoms with Crippen molar-refractivity contribution in [2.24, 2.45) is 0 Å². The molecule has 0 fully saturated rings. The van der Waals surface area contributed by atoms with Crippen molar-refractivity contribution in [1.82, 2.24) is 14.9 Å². The van der Waals surface area contributed by atoms with Gasteiger partial charge in [0.2, 0.25) is 11.9 Å². The monoisotopic (exact) mass is 352 g/mol. The van der Waals surface area contributed by atoms with E-state index in [1.807, 2.05) is 59.2 Å². The number of anilines is 1. The highest BCUT2D eigenvalue weighted by atomic mass is 16.3. The number of carbonyl (C=O) groups is 1. The number of amides is 1. The van der Waals surface area contributed by atoms with Gasteiger partial charge in [-0.3, -0.25) is 4.79 Å². The van der Waals surface area contributed by atoms with Crippen LogP contribution < -0.4 is 10.6 Å². The summed E-state index contributed by atoms with van der Waals surface area (Å²) in [6.07, 6.45) is 0.299. The van der Waals surface area contributed by atoms with Crippen LogP contribution in [0.5, 0.6) is 0 Å². The molecule has 2 aromatic carbocycles. The Balaban J connectivity index is 1.66. The predicted octanol–water partition coefficient (Wildman–Crippen LogP) is 2.19. The highest BCUT2D eigenvalue weighted by molar-refractivity contribution is 5.83. The molecule has 0 spiro atoms. The topological polar surface area (TPSA) is 79.2 Å². The first kappa shape index (κ1) is 17.9. The first-order chi connectivity index (χ1) is 12.6. The van der Waals surface area contributed by atoms with Crippen LogP contribution in [0.2, 0.25) is 0 Å². The molecule has 0 bridgehead atoms. The van der Waals surface area contributed by atoms with E-state index in [0.717, 1.165) is 17.5 Å². The van der Waals surface area contributed by atoms with E-state index in [-0.39, 0.29) is 12.5 Å². The average molecular weight is 352 g/mol. The number of fused-ring (bicyclic) bond motifs is 1. The normalized spacial score (nSPS) is 12.1. The number of aliphatic hydroxyl groups excluding tert-OH is 1. The van der Waals surface area contributed by atoms with Crippen molar-refractivity contribution in [2.45, 2.75) is 26.0 Å². The molecule has 1 heterocycles. The molecule has 3 N–H and O–H groups in total. The van der Waals surface area contributed by atoms with Crippen molar-refractivity contribution in [3.63, 3.8) is 0 Å². The Labute approximate surface area is 152 Å². The van der Waals surface area contributed by atoms with E-state index >= 15 is 0 Å². The molecule has 0 saturated carbocycles. The number of aromatic nitrogens is 2. The molecule has 1 aromatic heterocycles. The minimum absolute atomic E-state index is 0.0656. The fourth-order valence-corrected chi connectivity index (χ4v) is 2.80. The highest BCUT2D eigenvalue weighted by Crippen LogP contribution is 2.19. The summed E-state index contributed by atoms with van der Waals surface area (Å²) >= 11 is 0. The largest absolute Gasteiger partial charge is 0.392 e. The molecule has 1 amide bonds. The van der Waals surface area contributed by atoms with E-state index in [0.29, 0.717) is 19.0 Å². The minimum atomic E-state index is -0.497. The molecular weight excluding hydrogens is 328 g/mol. The highest BCUT2D eigenvalue weighted by Gasteiger charge is 2.13. The fourth-order valence-electron chi connectivity index (χ4n) is 2.80. The summed E-state index contributed by atoms with van der Waals surface area (Å²) in [5.41, 5.74) is 2.90. The lowest BCUT2D eigenvalue weighted by Crippen LogP contribution is -2.30. The van der Waals surface area contributed by atoms with Gasteiger partial charge in [0.1, 0.15) is 6.54 Å². The second kappa shape index (κ2) is 8.49. The number of nitrogens with one attached hydrogen (secondary N) is 2. The standard InChI is InChI=1S/C20H24N4O2/c1-15(25)13-22-20-23-17-9-5-6-10-18(17)24(20)14-19(26)21-12-11-16-7-3-2-4-8-16/h2-10,15,25H,11-14H2,1H3,(H,21,26)(H,22,23). The summed E-state index contributed by atoms with van der Waals surface area (Å²) in [6, 6.07) is 17.8. The molecule has 136 valence electrons. The van der Waals surface area contributed by atoms with Crippen LogP contribution in [0, 0.1) is 0 Å². The third-order valence-corrected chi connectivity index (χ3v) is 4.09. The van der Waals surface area contributed by atoms with E-state index in [1.165, 1.54) is 5.56 Å². The molecule has 6 heteroatoms. The Hall–Kier alpha value is -2.86. The van der Waals surface area contributed by atoms with Crippen LogP contribution in [0.15, 0.2) is 54.6 Å². The SMILES string of the molecule is CC(O)CNc1nc2ccccc2n1CC(=O)NCCc1ccccc1. The van der Waals surface area contributed by atoms with Gasteiger partial charge in [-0.15, -0.1) is 0 Å². The smallest absolute Gasteiger partial charge is 0.240 e. The zero-order chi connectivity index (χ0) is 18.4. The van der Waals surface area contributed by atoms with Crippen molar-refractivity contribution >= 4 is 22.9 Å². The number of hydrogen-bond donors (Lipinski definition) is 3. The lowest BCUT2D eigenvalue weighted by Gasteiger charge is -2.12. The number of benzene rings is 2. The summed E-state index contributed by atoms with van der Waals surface area (Å²) in [5, 5.41) is 15.6. The summed E-state index contributed by atoms with van der Waals surface area (Å²) in [6.45, 7) is 2.85. The Morgan fingerprint density at radius 2 is 1.88 bits per heavy atom. The first-order valence-corrected chi connectivity index (χ1v) is 8.81. The van der Waals surface area contributed by atoms with Gasteiger partial charge in [-0.05, 0) is 31.0 Å². The van der Waals surface area contributed by atoms with Crippen LogP contribution in [-0.2, 0) is 17.8 Å². The lowest BCUT2D eigenvalue weighted by molar-refractivity contribution is -0.121. The predicted molar refractivity (Wildman–Crippen MR) is 103 cm³/mol. The Morgan fingerprint density at radius 1 is 1.15 bits per heavy atom. The quantitative estimate of drug-likeness (QED) is 0.581. The van der Waals surface area contributed by atoms with Gasteiger partial charge in [0.05, 0.1) is 17.1 Å². The van der Waals surface area contributed by atoms with Gasteiger partial charge in [-0.2, -0.15) is 0 Å². The van der Waals surface area contributed by atoms with Crippen LogP contribution in [0.25, 0.3) is 11.0 Å². The van der Waals surface area contributed by atoms with Gasteiger partial charge in [-0.1, -0.05) is 42.5 Å². The van der Waals surface area contributed by atoms with E-state index in [9.17, 15) is 9.90 Å². The number of imidazole rings is 1. The van der Waals surface area contributed by atoms with E-state index in [4.69, 9.17) is 0 Å². The molecule has 0 aliphatic heterocycles. The summed E-state index contributed by atoms with van der Waals surface area (Å²) < 4.78 is 1.84. The van der Waals surface area contributed by atoms with E-state index in [2.05, 4.69) is 15.6 Å². The zero-order valence-corrected chi connectivity index (χ0v) is 14.9. The van der Waals surface area contributed by atoms with Gasteiger partial charge in [0.25, 0.3) is 0 Å². The van der Waals surface area contributed by atoms with Gasteiger partial charge >= 0.3 is 0 Å². The maximum Gasteiger partial charge on any atom is 0.240 e. The van der Waals surface area contributed by atoms with Gasteiger partial charge in [0.15, 0.2) is 0 Å². The fraction of sp³-hybridized carbons (Fsp3) is 0.300. The van der Waals surface area contributed by atoms with Crippen LogP contribution in [0.3, 0.4) is 0 Å². The van der Waals surface area contributed by atoms with Crippen molar-refractivity contribution in [3.8, 4) is 0 Å². The molecule has 0 radical (unpaired) electrons. The average Bonchev–Trinajstić information content (AvgIpc) is 2.98. The number of nitrogens with zero attached hydrogens (tertiary/aromatic N) is 2. The molecule has 0 saturated heterocycles. The molecule has 3 rings (SSSR count). The number of para-hydroxylation sites is 2. The van der Waals surface area contributed by atoms with Crippen LogP contribution in [0.4, 0.5) is 5.95 Å². The van der Waals surface area contributed by atoms with Crippen molar-refractivity contribution in [3.05, 3.63) is 60.2 Å². The Morgan fingerprint density at radius 3 is 2.65 bits per heavy atom. The Kier molecular flexibility index (Phi) is 5.86. The van der Waals surface area contributed by atoms with Gasteiger partial charge < -0.3 is 20.3 Å².